The normalized spacial score (nSPS) is 48.8. The molecule has 0 spiro atoms. The summed E-state index contributed by atoms with van der Waals surface area (Å²) >= 11 is 0. The predicted molar refractivity (Wildman–Crippen MR) is 149 cm³/mol. The van der Waals surface area contributed by atoms with Crippen LogP contribution in [0.5, 0.6) is 0 Å². The Balaban J connectivity index is 1.01. The van der Waals surface area contributed by atoms with Crippen molar-refractivity contribution in [2.24, 2.45) is 23.7 Å². The molecule has 10 unspecified atom stereocenters. The van der Waals surface area contributed by atoms with Gasteiger partial charge in [0, 0.05) is 23.6 Å². The van der Waals surface area contributed by atoms with E-state index < -0.39 is 14.7 Å². The lowest BCUT2D eigenvalue weighted by Gasteiger charge is -2.51. The fourth-order valence-corrected chi connectivity index (χ4v) is 16.8. The Kier molecular flexibility index (Phi) is 8.47. The summed E-state index contributed by atoms with van der Waals surface area (Å²) in [6.07, 6.45) is 26.4. The smallest absolute Gasteiger partial charge is 0.206 e. The van der Waals surface area contributed by atoms with Crippen molar-refractivity contribution >= 4 is 14.7 Å². The molecular weight excluding hydrogens is 486 g/mol. The van der Waals surface area contributed by atoms with E-state index in [-0.39, 0.29) is 12.2 Å². The van der Waals surface area contributed by atoms with E-state index in [0.29, 0.717) is 35.0 Å². The molecule has 10 atom stereocenters. The summed E-state index contributed by atoms with van der Waals surface area (Å²) in [5, 5.41) is 0. The zero-order valence-electron chi connectivity index (χ0n) is 22.7. The summed E-state index contributed by atoms with van der Waals surface area (Å²) in [5.41, 5.74) is 0.701. The van der Waals surface area contributed by atoms with Crippen LogP contribution >= 0.6 is 14.7 Å². The first-order valence-corrected chi connectivity index (χ1v) is 19.9. The Morgan fingerprint density at radius 1 is 0.444 bits per heavy atom. The van der Waals surface area contributed by atoms with Crippen LogP contribution in [0.4, 0.5) is 0 Å². The van der Waals surface area contributed by atoms with Crippen LogP contribution in [0.25, 0.3) is 0 Å². The quantitative estimate of drug-likeness (QED) is 0.239. The Morgan fingerprint density at radius 2 is 0.806 bits per heavy atom. The molecule has 0 aromatic rings. The molecule has 2 heterocycles. The van der Waals surface area contributed by atoms with Crippen molar-refractivity contribution in [2.75, 3.05) is 12.3 Å². The lowest BCUT2D eigenvalue weighted by molar-refractivity contribution is 0.0168. The van der Waals surface area contributed by atoms with Crippen LogP contribution in [0.3, 0.4) is 0 Å². The summed E-state index contributed by atoms with van der Waals surface area (Å²) in [6, 6.07) is 0. The molecule has 36 heavy (non-hydrogen) atoms. The molecule has 206 valence electrons. The second-order valence-electron chi connectivity index (χ2n) is 13.5. The van der Waals surface area contributed by atoms with Gasteiger partial charge in [-0.15, -0.1) is 0 Å². The maximum atomic E-state index is 14.2. The van der Waals surface area contributed by atoms with Gasteiger partial charge in [0.25, 0.3) is 0 Å². The van der Waals surface area contributed by atoms with Gasteiger partial charge in [0.1, 0.15) is 0 Å². The molecule has 0 radical (unpaired) electrons. The standard InChI is InChI=1S/C30H52O4P2/c31-35(29-19-9-5-15-25(29)23-13-3-7-17-27(23)33-35)21-11-1-2-12-22-36(32)30-20-10-6-16-26(30)24-14-4-8-18-28(24)34-36/h23-30H,1-22H2. The van der Waals surface area contributed by atoms with Crippen LogP contribution in [-0.2, 0) is 18.2 Å². The molecule has 0 bridgehead atoms. The lowest BCUT2D eigenvalue weighted by atomic mass is 9.71. The van der Waals surface area contributed by atoms with E-state index >= 15 is 0 Å². The molecule has 0 aromatic carbocycles. The second kappa shape index (κ2) is 11.5. The van der Waals surface area contributed by atoms with Crippen LogP contribution in [0, 0.1) is 23.7 Å². The average Bonchev–Trinajstić information content (AvgIpc) is 2.91. The molecule has 6 heteroatoms. The van der Waals surface area contributed by atoms with Crippen molar-refractivity contribution in [2.45, 2.75) is 152 Å². The van der Waals surface area contributed by atoms with Crippen LogP contribution in [-0.4, -0.2) is 35.8 Å². The first-order valence-electron chi connectivity index (χ1n) is 16.1. The largest absolute Gasteiger partial charge is 0.325 e. The second-order valence-corrected chi connectivity index (χ2v) is 19.1. The Labute approximate surface area is 220 Å². The molecular formula is C30H52O4P2. The zero-order chi connectivity index (χ0) is 24.6. The summed E-state index contributed by atoms with van der Waals surface area (Å²) in [4.78, 5) is 0. The van der Waals surface area contributed by atoms with Gasteiger partial charge < -0.3 is 9.05 Å². The molecule has 6 fully saturated rings. The molecule has 2 saturated heterocycles. The van der Waals surface area contributed by atoms with E-state index in [1.165, 1.54) is 77.0 Å². The van der Waals surface area contributed by atoms with Gasteiger partial charge in [-0.1, -0.05) is 64.2 Å². The van der Waals surface area contributed by atoms with Gasteiger partial charge >= 0.3 is 0 Å². The van der Waals surface area contributed by atoms with Crippen LogP contribution in [0.1, 0.15) is 128 Å². The molecule has 4 saturated carbocycles. The van der Waals surface area contributed by atoms with Gasteiger partial charge in [-0.2, -0.15) is 0 Å². The van der Waals surface area contributed by atoms with E-state index in [9.17, 15) is 9.13 Å². The maximum Gasteiger partial charge on any atom is 0.206 e. The molecule has 4 aliphatic carbocycles. The third-order valence-corrected chi connectivity index (χ3v) is 17.9. The summed E-state index contributed by atoms with van der Waals surface area (Å²) < 4.78 is 41.5. The Hall–Kier alpha value is 0.380. The first-order chi connectivity index (χ1) is 17.6. The number of hydrogen-bond donors (Lipinski definition) is 0. The minimum Gasteiger partial charge on any atom is -0.325 e. The van der Waals surface area contributed by atoms with E-state index in [1.54, 1.807) is 0 Å². The fourth-order valence-electron chi connectivity index (χ4n) is 9.82. The lowest BCUT2D eigenvalue weighted by Crippen LogP contribution is -2.45. The summed E-state index contributed by atoms with van der Waals surface area (Å²) in [5.74, 6) is 2.71. The zero-order valence-corrected chi connectivity index (χ0v) is 24.5. The van der Waals surface area contributed by atoms with Crippen LogP contribution < -0.4 is 0 Å². The van der Waals surface area contributed by atoms with Gasteiger partial charge in [-0.3, -0.25) is 9.13 Å². The molecule has 2 aliphatic heterocycles. The van der Waals surface area contributed by atoms with Crippen molar-refractivity contribution in [3.63, 3.8) is 0 Å². The monoisotopic (exact) mass is 538 g/mol. The van der Waals surface area contributed by atoms with Gasteiger partial charge in [-0.05, 0) is 87.9 Å². The molecule has 4 nitrogen and oxygen atoms in total. The Bertz CT molecular complexity index is 777. The molecule has 0 N–H and O–H groups in total. The van der Waals surface area contributed by atoms with E-state index in [4.69, 9.17) is 9.05 Å². The highest BCUT2D eigenvalue weighted by Gasteiger charge is 2.53. The van der Waals surface area contributed by atoms with Crippen molar-refractivity contribution in [3.05, 3.63) is 0 Å². The number of hydrogen-bond acceptors (Lipinski definition) is 4. The fraction of sp³-hybridized carbons (Fsp3) is 1.00. The highest BCUT2D eigenvalue weighted by molar-refractivity contribution is 7.60. The average molecular weight is 539 g/mol. The van der Waals surface area contributed by atoms with E-state index in [2.05, 4.69) is 0 Å². The predicted octanol–water partition coefficient (Wildman–Crippen LogP) is 9.40. The van der Waals surface area contributed by atoms with Crippen molar-refractivity contribution < 1.29 is 18.2 Å². The van der Waals surface area contributed by atoms with E-state index in [0.717, 1.165) is 63.7 Å². The van der Waals surface area contributed by atoms with Gasteiger partial charge in [-0.25, -0.2) is 0 Å². The Morgan fingerprint density at radius 3 is 1.25 bits per heavy atom. The first kappa shape index (κ1) is 26.6. The van der Waals surface area contributed by atoms with Crippen molar-refractivity contribution in [3.8, 4) is 0 Å². The van der Waals surface area contributed by atoms with Crippen molar-refractivity contribution in [1.82, 2.24) is 0 Å². The van der Waals surface area contributed by atoms with Crippen LogP contribution in [0.15, 0.2) is 0 Å². The third-order valence-electron chi connectivity index (χ3n) is 11.5. The number of rotatable bonds is 7. The minimum absolute atomic E-state index is 0.282. The molecule has 0 aromatic heterocycles. The third kappa shape index (κ3) is 5.25. The highest BCUT2D eigenvalue weighted by atomic mass is 31.2. The van der Waals surface area contributed by atoms with Crippen LogP contribution in [0.2, 0.25) is 0 Å². The molecule has 6 rings (SSSR count). The van der Waals surface area contributed by atoms with Gasteiger partial charge in [0.05, 0.1) is 12.2 Å². The molecule has 0 amide bonds. The van der Waals surface area contributed by atoms with E-state index in [1.807, 2.05) is 0 Å². The summed E-state index contributed by atoms with van der Waals surface area (Å²) in [7, 11) is -5.08. The number of unbranched alkanes of at least 4 members (excludes halogenated alkanes) is 3. The van der Waals surface area contributed by atoms with Gasteiger partial charge in [0.15, 0.2) is 0 Å². The minimum atomic E-state index is -2.54. The maximum absolute atomic E-state index is 14.2. The SMILES string of the molecule is O=P1(CCCCCCP2(=O)OC3CCCCC3C3CCCCC32)OC2CCCCC2C2CCCCC21. The summed E-state index contributed by atoms with van der Waals surface area (Å²) in [6.45, 7) is 0. The molecule has 6 aliphatic rings. The topological polar surface area (TPSA) is 52.6 Å². The number of fused-ring (bicyclic) bond motifs is 6. The highest BCUT2D eigenvalue weighted by Crippen LogP contribution is 2.68. The van der Waals surface area contributed by atoms with Crippen molar-refractivity contribution in [1.29, 1.82) is 0 Å². The van der Waals surface area contributed by atoms with Gasteiger partial charge in [0.2, 0.25) is 14.7 Å².